The van der Waals surface area contributed by atoms with Crippen LogP contribution in [0.25, 0.3) is 11.0 Å². The summed E-state index contributed by atoms with van der Waals surface area (Å²) in [6, 6.07) is 14.9. The van der Waals surface area contributed by atoms with Crippen molar-refractivity contribution in [1.82, 2.24) is 19.2 Å². The number of benzene rings is 2. The predicted molar refractivity (Wildman–Crippen MR) is 131 cm³/mol. The molecule has 0 saturated carbocycles. The van der Waals surface area contributed by atoms with Crippen molar-refractivity contribution in [2.45, 2.75) is 37.6 Å². The summed E-state index contributed by atoms with van der Waals surface area (Å²) in [7, 11) is -1.70. The molecule has 0 bridgehead atoms. The Hall–Kier alpha value is -2.75. The highest BCUT2D eigenvalue weighted by molar-refractivity contribution is 7.89. The molecule has 0 radical (unpaired) electrons. The molecule has 1 aliphatic heterocycles. The number of ether oxygens (including phenoxy) is 1. The second-order valence-corrected chi connectivity index (χ2v) is 10.9. The molecule has 1 N–H and O–H groups in total. The number of nitrogens with one attached hydrogen (secondary N) is 1. The number of carbonyl (C=O) groups excluding carboxylic acids is 1. The molecular formula is C25H32N4O4S. The van der Waals surface area contributed by atoms with Gasteiger partial charge in [0.05, 0.1) is 35.2 Å². The van der Waals surface area contributed by atoms with Gasteiger partial charge in [-0.25, -0.2) is 13.4 Å². The number of hydrogen-bond acceptors (Lipinski definition) is 5. The lowest BCUT2D eigenvalue weighted by Gasteiger charge is -2.26. The van der Waals surface area contributed by atoms with Gasteiger partial charge in [-0.15, -0.1) is 0 Å². The van der Waals surface area contributed by atoms with Crippen LogP contribution < -0.4 is 5.32 Å². The maximum atomic E-state index is 13.0. The molecule has 8 nitrogen and oxygen atoms in total. The lowest BCUT2D eigenvalue weighted by atomic mass is 9.96. The van der Waals surface area contributed by atoms with Crippen LogP contribution in [-0.4, -0.2) is 54.5 Å². The Kier molecular flexibility index (Phi) is 7.35. The summed E-state index contributed by atoms with van der Waals surface area (Å²) in [4.78, 5) is 17.6. The first kappa shape index (κ1) is 24.4. The number of carbonyl (C=O) groups is 1. The number of aromatic nitrogens is 2. The van der Waals surface area contributed by atoms with Crippen LogP contribution in [0.3, 0.4) is 0 Å². The topological polar surface area (TPSA) is 93.5 Å². The molecule has 2 aromatic carbocycles. The van der Waals surface area contributed by atoms with Gasteiger partial charge in [-0.3, -0.25) is 4.79 Å². The fraction of sp³-hybridized carbons (Fsp3) is 0.440. The Balaban J connectivity index is 1.47. The zero-order chi connectivity index (χ0) is 24.3. The Bertz CT molecular complexity index is 1250. The van der Waals surface area contributed by atoms with Gasteiger partial charge in [-0.05, 0) is 29.7 Å². The van der Waals surface area contributed by atoms with Gasteiger partial charge in [-0.2, -0.15) is 4.31 Å². The molecule has 3 aromatic rings. The molecule has 0 spiro atoms. The first-order valence-corrected chi connectivity index (χ1v) is 13.1. The molecule has 1 fully saturated rings. The van der Waals surface area contributed by atoms with Gasteiger partial charge in [0, 0.05) is 33.0 Å². The molecule has 9 heteroatoms. The van der Waals surface area contributed by atoms with E-state index in [2.05, 4.69) is 24.1 Å². The van der Waals surface area contributed by atoms with Crippen LogP contribution in [0.15, 0.2) is 53.4 Å². The molecule has 2 heterocycles. The van der Waals surface area contributed by atoms with Crippen molar-refractivity contribution in [1.29, 1.82) is 0 Å². The smallest absolute Gasteiger partial charge is 0.243 e. The van der Waals surface area contributed by atoms with E-state index < -0.39 is 10.0 Å². The zero-order valence-electron chi connectivity index (χ0n) is 19.9. The monoisotopic (exact) mass is 484 g/mol. The summed E-state index contributed by atoms with van der Waals surface area (Å²) in [6.07, 6.45) is 0.758. The maximum Gasteiger partial charge on any atom is 0.243 e. The number of imidazole rings is 1. The Morgan fingerprint density at radius 1 is 1.12 bits per heavy atom. The minimum absolute atomic E-state index is 0.0369. The molecule has 1 atom stereocenters. The number of fused-ring (bicyclic) bond motifs is 1. The van der Waals surface area contributed by atoms with Gasteiger partial charge in [0.25, 0.3) is 0 Å². The second-order valence-electron chi connectivity index (χ2n) is 8.95. The number of aryl methyl sites for hydroxylation is 2. The van der Waals surface area contributed by atoms with Crippen molar-refractivity contribution in [3.63, 3.8) is 0 Å². The minimum atomic E-state index is -3.59. The summed E-state index contributed by atoms with van der Waals surface area (Å²) in [5, 5.41) is 3.15. The maximum absolute atomic E-state index is 13.0. The third kappa shape index (κ3) is 5.16. The normalized spacial score (nSPS) is 16.1. The SMILES string of the molecule is CC(C)C(NC(=O)CCc1nc2cc(S(=O)(=O)N3CCOCC3)ccc2n1C)c1ccccc1. The van der Waals surface area contributed by atoms with Crippen molar-refractivity contribution in [3.8, 4) is 0 Å². The van der Waals surface area contributed by atoms with E-state index in [1.54, 1.807) is 18.2 Å². The Labute approximate surface area is 201 Å². The van der Waals surface area contributed by atoms with Crippen molar-refractivity contribution >= 4 is 27.0 Å². The molecule has 1 unspecified atom stereocenters. The quantitative estimate of drug-likeness (QED) is 0.531. The summed E-state index contributed by atoms with van der Waals surface area (Å²) >= 11 is 0. The molecule has 1 aliphatic rings. The van der Waals surface area contributed by atoms with E-state index in [1.807, 2.05) is 41.9 Å². The number of amides is 1. The van der Waals surface area contributed by atoms with Crippen molar-refractivity contribution in [2.24, 2.45) is 13.0 Å². The predicted octanol–water partition coefficient (Wildman–Crippen LogP) is 3.04. The number of rotatable bonds is 8. The van der Waals surface area contributed by atoms with E-state index in [-0.39, 0.29) is 22.8 Å². The van der Waals surface area contributed by atoms with Crippen LogP contribution in [-0.2, 0) is 33.0 Å². The minimum Gasteiger partial charge on any atom is -0.379 e. The van der Waals surface area contributed by atoms with Crippen molar-refractivity contribution < 1.29 is 17.9 Å². The van der Waals surface area contributed by atoms with Crippen LogP contribution in [0.4, 0.5) is 0 Å². The van der Waals surface area contributed by atoms with E-state index >= 15 is 0 Å². The van der Waals surface area contributed by atoms with E-state index in [9.17, 15) is 13.2 Å². The third-order valence-electron chi connectivity index (χ3n) is 6.27. The van der Waals surface area contributed by atoms with Gasteiger partial charge in [0.15, 0.2) is 0 Å². The number of sulfonamides is 1. The van der Waals surface area contributed by atoms with Gasteiger partial charge < -0.3 is 14.6 Å². The first-order chi connectivity index (χ1) is 16.3. The van der Waals surface area contributed by atoms with E-state index in [1.165, 1.54) is 4.31 Å². The van der Waals surface area contributed by atoms with Gasteiger partial charge >= 0.3 is 0 Å². The van der Waals surface area contributed by atoms with Gasteiger partial charge in [0.1, 0.15) is 5.82 Å². The van der Waals surface area contributed by atoms with Crippen LogP contribution in [0.5, 0.6) is 0 Å². The average molecular weight is 485 g/mol. The summed E-state index contributed by atoms with van der Waals surface area (Å²) in [6.45, 7) is 5.68. The fourth-order valence-corrected chi connectivity index (χ4v) is 5.74. The molecule has 0 aliphatic carbocycles. The number of nitrogens with zero attached hydrogens (tertiary/aromatic N) is 3. The summed E-state index contributed by atoms with van der Waals surface area (Å²) < 4.78 is 34.6. The highest BCUT2D eigenvalue weighted by Gasteiger charge is 2.27. The average Bonchev–Trinajstić information content (AvgIpc) is 3.17. The molecular weight excluding hydrogens is 452 g/mol. The zero-order valence-corrected chi connectivity index (χ0v) is 20.7. The summed E-state index contributed by atoms with van der Waals surface area (Å²) in [5.41, 5.74) is 2.53. The van der Waals surface area contributed by atoms with Crippen LogP contribution in [0.1, 0.15) is 37.7 Å². The van der Waals surface area contributed by atoms with Crippen molar-refractivity contribution in [3.05, 3.63) is 59.9 Å². The second kappa shape index (κ2) is 10.2. The summed E-state index contributed by atoms with van der Waals surface area (Å²) in [5.74, 6) is 0.964. The number of morpholine rings is 1. The molecule has 34 heavy (non-hydrogen) atoms. The molecule has 1 amide bonds. The third-order valence-corrected chi connectivity index (χ3v) is 8.16. The van der Waals surface area contributed by atoms with E-state index in [0.29, 0.717) is 44.7 Å². The fourth-order valence-electron chi connectivity index (χ4n) is 4.32. The molecule has 4 rings (SSSR count). The van der Waals surface area contributed by atoms with Crippen LogP contribution in [0, 0.1) is 5.92 Å². The van der Waals surface area contributed by atoms with Crippen LogP contribution >= 0.6 is 0 Å². The Morgan fingerprint density at radius 2 is 1.82 bits per heavy atom. The Morgan fingerprint density at radius 3 is 2.50 bits per heavy atom. The first-order valence-electron chi connectivity index (χ1n) is 11.6. The van der Waals surface area contributed by atoms with Crippen molar-refractivity contribution in [2.75, 3.05) is 26.3 Å². The van der Waals surface area contributed by atoms with Gasteiger partial charge in [0.2, 0.25) is 15.9 Å². The molecule has 182 valence electrons. The van der Waals surface area contributed by atoms with E-state index in [0.717, 1.165) is 16.9 Å². The highest BCUT2D eigenvalue weighted by Crippen LogP contribution is 2.24. The van der Waals surface area contributed by atoms with Gasteiger partial charge in [-0.1, -0.05) is 44.2 Å². The number of hydrogen-bond donors (Lipinski definition) is 1. The highest BCUT2D eigenvalue weighted by atomic mass is 32.2. The van der Waals surface area contributed by atoms with Crippen LogP contribution in [0.2, 0.25) is 0 Å². The molecule has 1 aromatic heterocycles. The molecule has 1 saturated heterocycles. The van der Waals surface area contributed by atoms with E-state index in [4.69, 9.17) is 4.74 Å². The lowest BCUT2D eigenvalue weighted by molar-refractivity contribution is -0.122. The largest absolute Gasteiger partial charge is 0.379 e. The standard InChI is InChI=1S/C25H32N4O4S/c1-18(2)25(19-7-5-4-6-8-19)27-24(30)12-11-23-26-21-17-20(9-10-22(21)28(23)3)34(31,32)29-13-15-33-16-14-29/h4-10,17-18,25H,11-16H2,1-3H3,(H,27,30). The lowest BCUT2D eigenvalue weighted by Crippen LogP contribution is -2.40.